The predicted octanol–water partition coefficient (Wildman–Crippen LogP) is 14.4. The lowest BCUT2D eigenvalue weighted by molar-refractivity contribution is -0.167. The largest absolute Gasteiger partial charge is 0.462 e. The monoisotopic (exact) mass is 751 g/mol. The molecule has 0 N–H and O–H groups in total. The first-order chi connectivity index (χ1) is 25.6. The molecule has 0 aliphatic heterocycles. The minimum absolute atomic E-state index is 0.0667. The number of hydrogen-bond acceptors (Lipinski definition) is 6. The van der Waals surface area contributed by atoms with Gasteiger partial charge in [0.25, 0.3) is 0 Å². The lowest BCUT2D eigenvalue weighted by atomic mass is 9.99. The van der Waals surface area contributed by atoms with Crippen LogP contribution in [0.5, 0.6) is 0 Å². The number of carbonyl (C=O) groups is 3. The molecule has 0 aliphatic rings. The molecule has 0 rings (SSSR count). The molecule has 0 spiro atoms. The van der Waals surface area contributed by atoms with E-state index < -0.39 is 6.10 Å². The van der Waals surface area contributed by atoms with E-state index in [4.69, 9.17) is 14.2 Å². The first-order valence-corrected chi connectivity index (χ1v) is 23.1. The highest BCUT2D eigenvalue weighted by Gasteiger charge is 2.19. The highest BCUT2D eigenvalue weighted by molar-refractivity contribution is 5.71. The van der Waals surface area contributed by atoms with Crippen molar-refractivity contribution in [2.24, 2.45) is 17.8 Å². The van der Waals surface area contributed by atoms with Crippen LogP contribution in [0.3, 0.4) is 0 Å². The van der Waals surface area contributed by atoms with Crippen molar-refractivity contribution in [3.8, 4) is 0 Å². The Morgan fingerprint density at radius 2 is 0.660 bits per heavy atom. The van der Waals surface area contributed by atoms with E-state index in [-0.39, 0.29) is 31.1 Å². The van der Waals surface area contributed by atoms with Crippen LogP contribution in [0.4, 0.5) is 0 Å². The van der Waals surface area contributed by atoms with Crippen LogP contribution in [0.25, 0.3) is 0 Å². The van der Waals surface area contributed by atoms with Gasteiger partial charge in [0.1, 0.15) is 13.2 Å². The summed E-state index contributed by atoms with van der Waals surface area (Å²) in [6.45, 7) is 13.6. The molecule has 1 unspecified atom stereocenters. The van der Waals surface area contributed by atoms with Crippen LogP contribution >= 0.6 is 0 Å². The third kappa shape index (κ3) is 39.9. The third-order valence-electron chi connectivity index (χ3n) is 10.8. The lowest BCUT2D eigenvalue weighted by Gasteiger charge is -2.18. The van der Waals surface area contributed by atoms with E-state index in [0.29, 0.717) is 19.3 Å². The van der Waals surface area contributed by atoms with Crippen LogP contribution in [0.15, 0.2) is 0 Å². The van der Waals surface area contributed by atoms with Crippen molar-refractivity contribution in [2.75, 3.05) is 13.2 Å². The SMILES string of the molecule is CCC(C)CCCCCCCCCCCCC(=O)OC[C@@H](COC(=O)CCCCCCCCCCC(C)C)OC(=O)CCCCCCCCCC(C)C. The molecule has 0 saturated carbocycles. The maximum Gasteiger partial charge on any atom is 0.306 e. The fraction of sp³-hybridized carbons (Fsp3) is 0.936. The molecule has 0 aromatic rings. The van der Waals surface area contributed by atoms with Crippen molar-refractivity contribution in [1.29, 1.82) is 0 Å². The Labute approximate surface area is 329 Å². The van der Waals surface area contributed by atoms with Crippen LogP contribution < -0.4 is 0 Å². The summed E-state index contributed by atoms with van der Waals surface area (Å²) in [6, 6.07) is 0. The first kappa shape index (κ1) is 51.4. The molecule has 0 saturated heterocycles. The molecule has 0 aliphatic carbocycles. The predicted molar refractivity (Wildman–Crippen MR) is 224 cm³/mol. The van der Waals surface area contributed by atoms with Crippen molar-refractivity contribution < 1.29 is 28.6 Å². The van der Waals surface area contributed by atoms with E-state index in [1.165, 1.54) is 128 Å². The molecule has 53 heavy (non-hydrogen) atoms. The van der Waals surface area contributed by atoms with Gasteiger partial charge < -0.3 is 14.2 Å². The molecular formula is C47H90O6. The molecule has 6 heteroatoms. The van der Waals surface area contributed by atoms with E-state index in [2.05, 4.69) is 41.5 Å². The van der Waals surface area contributed by atoms with Gasteiger partial charge in [-0.05, 0) is 37.0 Å². The molecule has 0 amide bonds. The van der Waals surface area contributed by atoms with Crippen molar-refractivity contribution in [1.82, 2.24) is 0 Å². The molecule has 314 valence electrons. The Kier molecular flexibility index (Phi) is 37.5. The Morgan fingerprint density at radius 1 is 0.377 bits per heavy atom. The Balaban J connectivity index is 4.33. The lowest BCUT2D eigenvalue weighted by Crippen LogP contribution is -2.30. The van der Waals surface area contributed by atoms with Gasteiger partial charge in [-0.25, -0.2) is 0 Å². The summed E-state index contributed by atoms with van der Waals surface area (Å²) in [5, 5.41) is 0. The van der Waals surface area contributed by atoms with Gasteiger partial charge in [0.05, 0.1) is 0 Å². The second-order valence-electron chi connectivity index (χ2n) is 17.2. The Morgan fingerprint density at radius 3 is 0.981 bits per heavy atom. The van der Waals surface area contributed by atoms with Gasteiger partial charge in [0, 0.05) is 19.3 Å². The maximum absolute atomic E-state index is 12.7. The fourth-order valence-corrected chi connectivity index (χ4v) is 6.85. The zero-order valence-electron chi connectivity index (χ0n) is 36.3. The quantitative estimate of drug-likeness (QED) is 0.0352. The fourth-order valence-electron chi connectivity index (χ4n) is 6.85. The first-order valence-electron chi connectivity index (χ1n) is 23.1. The summed E-state index contributed by atoms with van der Waals surface area (Å²) in [6.07, 6.45) is 35.2. The summed E-state index contributed by atoms with van der Waals surface area (Å²) < 4.78 is 16.7. The van der Waals surface area contributed by atoms with E-state index in [0.717, 1.165) is 75.5 Å². The molecule has 0 fully saturated rings. The molecular weight excluding hydrogens is 661 g/mol. The molecule has 2 atom stereocenters. The summed E-state index contributed by atoms with van der Waals surface area (Å²) in [4.78, 5) is 37.7. The van der Waals surface area contributed by atoms with Crippen molar-refractivity contribution in [3.05, 3.63) is 0 Å². The third-order valence-corrected chi connectivity index (χ3v) is 10.8. The summed E-state index contributed by atoms with van der Waals surface area (Å²) in [7, 11) is 0. The van der Waals surface area contributed by atoms with Gasteiger partial charge in [-0.1, -0.05) is 208 Å². The smallest absolute Gasteiger partial charge is 0.306 e. The van der Waals surface area contributed by atoms with Crippen LogP contribution in [0.2, 0.25) is 0 Å². The van der Waals surface area contributed by atoms with Gasteiger partial charge >= 0.3 is 17.9 Å². The van der Waals surface area contributed by atoms with E-state index in [1.807, 2.05) is 0 Å². The molecule has 0 bridgehead atoms. The summed E-state index contributed by atoms with van der Waals surface area (Å²) >= 11 is 0. The zero-order chi connectivity index (χ0) is 39.2. The molecule has 0 aromatic heterocycles. The average Bonchev–Trinajstić information content (AvgIpc) is 3.12. The number of hydrogen-bond donors (Lipinski definition) is 0. The van der Waals surface area contributed by atoms with Crippen molar-refractivity contribution >= 4 is 17.9 Å². The Hall–Kier alpha value is -1.59. The molecule has 0 aromatic carbocycles. The van der Waals surface area contributed by atoms with Gasteiger partial charge in [-0.3, -0.25) is 14.4 Å². The van der Waals surface area contributed by atoms with Crippen LogP contribution in [0, 0.1) is 17.8 Å². The Bertz CT molecular complexity index is 824. The number of carbonyl (C=O) groups excluding carboxylic acids is 3. The molecule has 0 radical (unpaired) electrons. The second-order valence-corrected chi connectivity index (χ2v) is 17.2. The van der Waals surface area contributed by atoms with Gasteiger partial charge in [-0.15, -0.1) is 0 Å². The maximum atomic E-state index is 12.7. The normalized spacial score (nSPS) is 12.7. The highest BCUT2D eigenvalue weighted by atomic mass is 16.6. The van der Waals surface area contributed by atoms with Gasteiger partial charge in [0.2, 0.25) is 0 Å². The standard InChI is InChI=1S/C47H90O6/c1-7-43(6)35-29-23-17-10-8-9-11-18-24-30-36-45(48)51-39-44(53-47(50)38-32-26-20-14-16-22-28-34-42(4)5)40-52-46(49)37-31-25-19-13-12-15-21-27-33-41(2)3/h41-44H,7-40H2,1-6H3/t43?,44-/m0/s1. The van der Waals surface area contributed by atoms with E-state index >= 15 is 0 Å². The van der Waals surface area contributed by atoms with Crippen molar-refractivity contribution in [2.45, 2.75) is 253 Å². The molecule has 6 nitrogen and oxygen atoms in total. The summed E-state index contributed by atoms with van der Waals surface area (Å²) in [5.74, 6) is 1.58. The van der Waals surface area contributed by atoms with Crippen LogP contribution in [-0.2, 0) is 28.6 Å². The van der Waals surface area contributed by atoms with Crippen LogP contribution in [0.1, 0.15) is 247 Å². The average molecular weight is 751 g/mol. The van der Waals surface area contributed by atoms with Crippen LogP contribution in [-0.4, -0.2) is 37.2 Å². The minimum atomic E-state index is -0.762. The number of rotatable bonds is 40. The number of ether oxygens (including phenoxy) is 3. The van der Waals surface area contributed by atoms with E-state index in [9.17, 15) is 14.4 Å². The zero-order valence-corrected chi connectivity index (χ0v) is 36.3. The summed E-state index contributed by atoms with van der Waals surface area (Å²) in [5.41, 5.74) is 0. The van der Waals surface area contributed by atoms with E-state index in [1.54, 1.807) is 0 Å². The second kappa shape index (κ2) is 38.7. The number of unbranched alkanes of at least 4 members (excludes halogenated alkanes) is 22. The topological polar surface area (TPSA) is 78.9 Å². The number of esters is 3. The van der Waals surface area contributed by atoms with Gasteiger partial charge in [0.15, 0.2) is 6.10 Å². The highest BCUT2D eigenvalue weighted by Crippen LogP contribution is 2.17. The molecule has 0 heterocycles. The van der Waals surface area contributed by atoms with Gasteiger partial charge in [-0.2, -0.15) is 0 Å². The minimum Gasteiger partial charge on any atom is -0.462 e. The van der Waals surface area contributed by atoms with Crippen molar-refractivity contribution in [3.63, 3.8) is 0 Å².